The van der Waals surface area contributed by atoms with Gasteiger partial charge in [0.15, 0.2) is 16.6 Å². The van der Waals surface area contributed by atoms with Crippen molar-refractivity contribution in [3.8, 4) is 11.8 Å². The van der Waals surface area contributed by atoms with Crippen LogP contribution in [0.15, 0.2) is 91.0 Å². The normalized spacial score (nSPS) is 14.3. The lowest BCUT2D eigenvalue weighted by atomic mass is 10.1. The van der Waals surface area contributed by atoms with E-state index in [2.05, 4.69) is 185 Å². The second-order valence-corrected chi connectivity index (χ2v) is 33.3. The Kier molecular flexibility index (Phi) is 17.9. The van der Waals surface area contributed by atoms with Gasteiger partial charge < -0.3 is 18.0 Å². The van der Waals surface area contributed by atoms with Crippen LogP contribution in [0.5, 0.6) is 0 Å². The Balaban J connectivity index is 1.72. The summed E-state index contributed by atoms with van der Waals surface area (Å²) in [4.78, 5) is 0. The Morgan fingerprint density at radius 2 is 1.02 bits per heavy atom. The highest BCUT2D eigenvalue weighted by Crippen LogP contribution is 2.40. The third-order valence-corrected chi connectivity index (χ3v) is 25.9. The molecule has 4 nitrogen and oxygen atoms in total. The third kappa shape index (κ3) is 14.2. The molecule has 0 unspecified atom stereocenters. The summed E-state index contributed by atoms with van der Waals surface area (Å²) in [7, 11) is -6.58. The zero-order valence-corrected chi connectivity index (χ0v) is 40.0. The van der Waals surface area contributed by atoms with Gasteiger partial charge in [-0.1, -0.05) is 165 Å². The van der Waals surface area contributed by atoms with E-state index in [0.29, 0.717) is 13.2 Å². The van der Waals surface area contributed by atoms with Crippen molar-refractivity contribution in [1.29, 1.82) is 0 Å². The molecule has 0 saturated carbocycles. The van der Waals surface area contributed by atoms with Gasteiger partial charge in [0.1, 0.15) is 6.10 Å². The lowest BCUT2D eigenvalue weighted by Crippen LogP contribution is -2.66. The smallest absolute Gasteiger partial charge is 0.261 e. The molecule has 304 valence electrons. The van der Waals surface area contributed by atoms with Crippen molar-refractivity contribution in [3.05, 3.63) is 96.6 Å². The maximum Gasteiger partial charge on any atom is 0.261 e. The van der Waals surface area contributed by atoms with Gasteiger partial charge in [-0.3, -0.25) is 0 Å². The van der Waals surface area contributed by atoms with Crippen molar-refractivity contribution in [2.75, 3.05) is 13.2 Å². The van der Waals surface area contributed by atoms with Gasteiger partial charge in [-0.15, -0.1) is 0 Å². The first kappa shape index (κ1) is 47.1. The monoisotopic (exact) mass is 801 g/mol. The molecule has 2 atom stereocenters. The van der Waals surface area contributed by atoms with Crippen molar-refractivity contribution in [2.24, 2.45) is 0 Å². The van der Waals surface area contributed by atoms with Gasteiger partial charge in [-0.05, 0) is 95.8 Å². The first-order valence-corrected chi connectivity index (χ1v) is 28.6. The molecule has 7 heteroatoms. The summed E-state index contributed by atoms with van der Waals surface area (Å²) in [5.41, 5.74) is 1.22. The van der Waals surface area contributed by atoms with Crippen molar-refractivity contribution >= 4 is 35.3 Å². The SMILES string of the molecule is CC(C)(C)[Si](C)(C)O[C@@H](CC#C[C@H](CCCCO[Si](c1ccccc1)(c1ccccc1)C(C)(C)C)O[Si](C)(C)C(C)(C)C)CCCCOCc1ccccc1. The quantitative estimate of drug-likeness (QED) is 0.0648. The van der Waals surface area contributed by atoms with Crippen molar-refractivity contribution in [3.63, 3.8) is 0 Å². The molecule has 0 aliphatic carbocycles. The van der Waals surface area contributed by atoms with Crippen LogP contribution >= 0.6 is 0 Å². The van der Waals surface area contributed by atoms with Crippen molar-refractivity contribution < 1.29 is 18.0 Å². The summed E-state index contributed by atoms with van der Waals surface area (Å²) in [6.45, 7) is 32.5. The van der Waals surface area contributed by atoms with Gasteiger partial charge in [0, 0.05) is 19.6 Å². The number of rotatable bonds is 20. The molecule has 0 saturated heterocycles. The number of hydrogen-bond donors (Lipinski definition) is 0. The molecule has 0 amide bonds. The minimum atomic E-state index is -2.56. The lowest BCUT2D eigenvalue weighted by molar-refractivity contribution is 0.111. The molecule has 55 heavy (non-hydrogen) atoms. The third-order valence-electron chi connectivity index (χ3n) is 11.9. The number of ether oxygens (including phenoxy) is 1. The number of benzene rings is 3. The van der Waals surface area contributed by atoms with Crippen molar-refractivity contribution in [2.45, 2.75) is 167 Å². The van der Waals surface area contributed by atoms with E-state index in [1.165, 1.54) is 15.9 Å². The maximum absolute atomic E-state index is 7.22. The van der Waals surface area contributed by atoms with E-state index >= 15 is 0 Å². The van der Waals surface area contributed by atoms with Crippen LogP contribution in [0.1, 0.15) is 113 Å². The average molecular weight is 801 g/mol. The fourth-order valence-corrected chi connectivity index (χ4v) is 13.8. The predicted octanol–water partition coefficient (Wildman–Crippen LogP) is 12.3. The van der Waals surface area contributed by atoms with Gasteiger partial charge in [0.05, 0.1) is 12.7 Å². The fraction of sp³-hybridized carbons (Fsp3) is 0.583. The Hall–Kier alpha value is -2.29. The van der Waals surface area contributed by atoms with Crippen LogP contribution in [-0.2, 0) is 24.6 Å². The van der Waals surface area contributed by atoms with E-state index in [9.17, 15) is 0 Å². The summed E-state index contributed by atoms with van der Waals surface area (Å²) >= 11 is 0. The van der Waals surface area contributed by atoms with Crippen LogP contribution in [0.25, 0.3) is 0 Å². The molecular formula is C48H76O4Si3. The van der Waals surface area contributed by atoms with E-state index < -0.39 is 25.0 Å². The lowest BCUT2D eigenvalue weighted by Gasteiger charge is -2.43. The van der Waals surface area contributed by atoms with Gasteiger partial charge in [0.25, 0.3) is 8.32 Å². The molecule has 0 fully saturated rings. The van der Waals surface area contributed by atoms with Crippen LogP contribution in [0.3, 0.4) is 0 Å². The van der Waals surface area contributed by atoms with E-state index in [4.69, 9.17) is 18.0 Å². The predicted molar refractivity (Wildman–Crippen MR) is 244 cm³/mol. The molecule has 3 rings (SSSR count). The van der Waals surface area contributed by atoms with Crippen LogP contribution in [0.4, 0.5) is 0 Å². The zero-order chi connectivity index (χ0) is 40.8. The summed E-state index contributed by atoms with van der Waals surface area (Å²) in [6, 6.07) is 32.3. The average Bonchev–Trinajstić information content (AvgIpc) is 3.10. The van der Waals surface area contributed by atoms with Gasteiger partial charge in [-0.25, -0.2) is 0 Å². The minimum absolute atomic E-state index is 0.0344. The molecular weight excluding hydrogens is 725 g/mol. The van der Waals surface area contributed by atoms with E-state index in [-0.39, 0.29) is 27.3 Å². The highest BCUT2D eigenvalue weighted by molar-refractivity contribution is 6.99. The summed E-state index contributed by atoms with van der Waals surface area (Å²) in [6.07, 6.45) is 6.66. The van der Waals surface area contributed by atoms with Crippen LogP contribution < -0.4 is 10.4 Å². The van der Waals surface area contributed by atoms with Gasteiger partial charge in [-0.2, -0.15) is 0 Å². The molecule has 0 heterocycles. The second-order valence-electron chi connectivity index (χ2n) is 19.4. The van der Waals surface area contributed by atoms with E-state index in [1.54, 1.807) is 0 Å². The molecule has 0 aromatic heterocycles. The highest BCUT2D eigenvalue weighted by Gasteiger charge is 2.50. The fourth-order valence-electron chi connectivity index (χ4n) is 6.53. The molecule has 0 N–H and O–H groups in total. The molecule has 0 bridgehead atoms. The molecule has 3 aromatic carbocycles. The molecule has 0 spiro atoms. The molecule has 3 aromatic rings. The largest absolute Gasteiger partial charge is 0.413 e. The van der Waals surface area contributed by atoms with Crippen LogP contribution in [0.2, 0.25) is 41.3 Å². The summed E-state index contributed by atoms with van der Waals surface area (Å²) in [5, 5.41) is 2.87. The Morgan fingerprint density at radius 3 is 1.53 bits per heavy atom. The number of unbranched alkanes of at least 4 members (excludes halogenated alkanes) is 2. The van der Waals surface area contributed by atoms with E-state index in [1.807, 2.05) is 6.07 Å². The molecule has 0 radical (unpaired) electrons. The second kappa shape index (κ2) is 20.9. The standard InChI is InChI=1S/C48H76O4Si3/c1-46(2,3)53(10,11)51-42(30-23-25-38-49-40-41-28-17-14-18-29-41)32-27-33-43(52-54(12,13)47(4,5)6)31-24-26-39-50-55(48(7,8)9,44-34-19-15-20-35-44)45-36-21-16-22-37-45/h14-22,28-29,34-37,42-43H,23-26,30-32,38-40H2,1-13H3/t42-,43+/m1/s1. The molecule has 0 aliphatic rings. The Bertz CT molecular complexity index is 1540. The van der Waals surface area contributed by atoms with Gasteiger partial charge >= 0.3 is 0 Å². The first-order valence-electron chi connectivity index (χ1n) is 20.9. The number of hydrogen-bond acceptors (Lipinski definition) is 4. The minimum Gasteiger partial charge on any atom is -0.413 e. The summed E-state index contributed by atoms with van der Waals surface area (Å²) < 4.78 is 27.3. The topological polar surface area (TPSA) is 36.9 Å². The molecule has 0 aliphatic heterocycles. The van der Waals surface area contributed by atoms with Crippen molar-refractivity contribution in [1.82, 2.24) is 0 Å². The highest BCUT2D eigenvalue weighted by atomic mass is 28.4. The summed E-state index contributed by atoms with van der Waals surface area (Å²) in [5.74, 6) is 7.28. The Labute approximate surface area is 340 Å². The van der Waals surface area contributed by atoms with Crippen LogP contribution in [0, 0.1) is 11.8 Å². The maximum atomic E-state index is 7.22. The van der Waals surface area contributed by atoms with E-state index in [0.717, 1.165) is 51.6 Å². The first-order chi connectivity index (χ1) is 25.7. The van der Waals surface area contributed by atoms with Gasteiger partial charge in [0.2, 0.25) is 0 Å². The zero-order valence-electron chi connectivity index (χ0n) is 37.0. The van der Waals surface area contributed by atoms with Crippen LogP contribution in [-0.4, -0.2) is 50.4 Å². The Morgan fingerprint density at radius 1 is 0.545 bits per heavy atom.